The molecule has 0 saturated heterocycles. The van der Waals surface area contributed by atoms with Crippen LogP contribution < -0.4 is 14.8 Å². The first-order valence-electron chi connectivity index (χ1n) is 9.44. The van der Waals surface area contributed by atoms with Crippen LogP contribution in [0, 0.1) is 0 Å². The zero-order valence-corrected chi connectivity index (χ0v) is 16.6. The minimum atomic E-state index is -0.182. The van der Waals surface area contributed by atoms with Crippen molar-refractivity contribution in [1.29, 1.82) is 0 Å². The fourth-order valence-electron chi connectivity index (χ4n) is 3.44. The normalized spacial score (nSPS) is 12.7. The molecule has 150 valence electrons. The number of ether oxygens (including phenoxy) is 2. The molecule has 4 aromatic rings. The van der Waals surface area contributed by atoms with Gasteiger partial charge in [0.25, 0.3) is 0 Å². The quantitative estimate of drug-likeness (QED) is 0.515. The number of hydrogen-bond donors (Lipinski definition) is 2. The number of amides is 1. The lowest BCUT2D eigenvalue weighted by atomic mass is 10.1. The number of hydrogen-bond acceptors (Lipinski definition) is 5. The number of H-pyrrole nitrogens is 1. The number of benzene rings is 2. The van der Waals surface area contributed by atoms with Crippen molar-refractivity contribution in [2.75, 3.05) is 18.5 Å². The molecule has 0 atom stereocenters. The summed E-state index contributed by atoms with van der Waals surface area (Å²) >= 11 is 6.43. The Labute approximate surface area is 177 Å². The highest BCUT2D eigenvalue weighted by Crippen LogP contribution is 2.34. The minimum absolute atomic E-state index is 0.182. The molecule has 2 aromatic heterocycles. The molecule has 0 aliphatic carbocycles. The number of anilines is 1. The van der Waals surface area contributed by atoms with Gasteiger partial charge in [0.2, 0.25) is 5.91 Å². The first-order chi connectivity index (χ1) is 14.7. The summed E-state index contributed by atoms with van der Waals surface area (Å²) in [5, 5.41) is 11.4. The predicted molar refractivity (Wildman–Crippen MR) is 114 cm³/mol. The molecule has 5 rings (SSSR count). The van der Waals surface area contributed by atoms with Crippen molar-refractivity contribution in [2.45, 2.75) is 6.42 Å². The zero-order chi connectivity index (χ0) is 20.5. The van der Waals surface area contributed by atoms with E-state index in [-0.39, 0.29) is 12.3 Å². The first-order valence-corrected chi connectivity index (χ1v) is 9.81. The van der Waals surface area contributed by atoms with Crippen LogP contribution in [0.5, 0.6) is 11.5 Å². The second-order valence-corrected chi connectivity index (χ2v) is 7.30. The van der Waals surface area contributed by atoms with Crippen LogP contribution in [0.2, 0.25) is 5.02 Å². The van der Waals surface area contributed by atoms with E-state index < -0.39 is 0 Å². The Morgan fingerprint density at radius 1 is 1.13 bits per heavy atom. The molecule has 7 nitrogen and oxygen atoms in total. The molecule has 0 spiro atoms. The van der Waals surface area contributed by atoms with Crippen LogP contribution in [0.25, 0.3) is 22.0 Å². The number of fused-ring (bicyclic) bond motifs is 2. The summed E-state index contributed by atoms with van der Waals surface area (Å²) in [6.07, 6.45) is 3.64. The van der Waals surface area contributed by atoms with Crippen molar-refractivity contribution in [1.82, 2.24) is 15.2 Å². The molecule has 0 bridgehead atoms. The molecule has 2 aromatic carbocycles. The van der Waals surface area contributed by atoms with E-state index >= 15 is 0 Å². The van der Waals surface area contributed by atoms with Gasteiger partial charge in [0.05, 0.1) is 17.0 Å². The number of nitrogens with one attached hydrogen (secondary N) is 2. The highest BCUT2D eigenvalue weighted by atomic mass is 35.5. The zero-order valence-electron chi connectivity index (χ0n) is 15.8. The van der Waals surface area contributed by atoms with Crippen LogP contribution in [0.1, 0.15) is 5.56 Å². The number of carbonyl (C=O) groups excluding carboxylic acids is 1. The molecule has 3 heterocycles. The second-order valence-electron chi connectivity index (χ2n) is 6.89. The molecule has 8 heteroatoms. The molecule has 1 aliphatic heterocycles. The van der Waals surface area contributed by atoms with Crippen molar-refractivity contribution >= 4 is 34.2 Å². The molecule has 1 amide bonds. The lowest BCUT2D eigenvalue weighted by Crippen LogP contribution is -2.17. The molecular weight excluding hydrogens is 404 g/mol. The fraction of sp³-hybridized carbons (Fsp3) is 0.136. The minimum Gasteiger partial charge on any atom is -0.486 e. The van der Waals surface area contributed by atoms with E-state index in [1.807, 2.05) is 36.4 Å². The van der Waals surface area contributed by atoms with Gasteiger partial charge in [0, 0.05) is 28.9 Å². The fourth-order valence-corrected chi connectivity index (χ4v) is 3.71. The summed E-state index contributed by atoms with van der Waals surface area (Å²) in [5.74, 6) is 1.63. The van der Waals surface area contributed by atoms with Gasteiger partial charge in [-0.1, -0.05) is 23.7 Å². The highest BCUT2D eigenvalue weighted by Gasteiger charge is 2.16. The Bertz CT molecular complexity index is 1240. The molecular formula is C22H17ClN4O3. The molecule has 2 N–H and O–H groups in total. The number of pyridine rings is 1. The van der Waals surface area contributed by atoms with Crippen LogP contribution in [-0.2, 0) is 11.2 Å². The van der Waals surface area contributed by atoms with E-state index in [0.29, 0.717) is 35.6 Å². The molecule has 0 saturated carbocycles. The summed E-state index contributed by atoms with van der Waals surface area (Å²) in [4.78, 5) is 16.8. The van der Waals surface area contributed by atoms with Crippen molar-refractivity contribution < 1.29 is 14.3 Å². The maximum absolute atomic E-state index is 12.6. The highest BCUT2D eigenvalue weighted by molar-refractivity contribution is 6.34. The van der Waals surface area contributed by atoms with Crippen LogP contribution >= 0.6 is 11.6 Å². The number of aromatic nitrogens is 3. The van der Waals surface area contributed by atoms with E-state index in [4.69, 9.17) is 21.1 Å². The largest absolute Gasteiger partial charge is 0.486 e. The number of halogens is 1. The van der Waals surface area contributed by atoms with Crippen molar-refractivity contribution in [3.8, 4) is 22.6 Å². The predicted octanol–water partition coefficient (Wildman–Crippen LogP) is 4.23. The van der Waals surface area contributed by atoms with Gasteiger partial charge in [-0.25, -0.2) is 0 Å². The standard InChI is InChI=1S/C22H17ClN4O3/c23-17-11-18-16(10-15(17)14-2-1-5-24-12-14)22(27-26-18)25-21(28)9-13-3-4-19-20(8-13)30-7-6-29-19/h1-5,8,10-12H,6-7,9H2,(H2,25,26,27,28). The number of aromatic amines is 1. The van der Waals surface area contributed by atoms with E-state index in [2.05, 4.69) is 20.5 Å². The van der Waals surface area contributed by atoms with Gasteiger partial charge < -0.3 is 14.8 Å². The SMILES string of the molecule is O=C(Cc1ccc2c(c1)OCCO2)Nc1n[nH]c2cc(Cl)c(-c3cccnc3)cc12. The number of carbonyl (C=O) groups is 1. The van der Waals surface area contributed by atoms with Crippen LogP contribution in [0.4, 0.5) is 5.82 Å². The molecule has 30 heavy (non-hydrogen) atoms. The third kappa shape index (κ3) is 3.55. The number of nitrogens with zero attached hydrogens (tertiary/aromatic N) is 2. The van der Waals surface area contributed by atoms with Gasteiger partial charge in [-0.3, -0.25) is 14.9 Å². The van der Waals surface area contributed by atoms with Crippen molar-refractivity contribution in [2.24, 2.45) is 0 Å². The Balaban J connectivity index is 1.39. The topological polar surface area (TPSA) is 89.1 Å². The van der Waals surface area contributed by atoms with E-state index in [1.165, 1.54) is 0 Å². The van der Waals surface area contributed by atoms with Gasteiger partial charge >= 0.3 is 0 Å². The first kappa shape index (κ1) is 18.4. The summed E-state index contributed by atoms with van der Waals surface area (Å²) in [5.41, 5.74) is 3.28. The maximum atomic E-state index is 12.6. The third-order valence-electron chi connectivity index (χ3n) is 4.85. The molecule has 1 aliphatic rings. The van der Waals surface area contributed by atoms with Crippen LogP contribution in [0.3, 0.4) is 0 Å². The summed E-state index contributed by atoms with van der Waals surface area (Å²) < 4.78 is 11.1. The van der Waals surface area contributed by atoms with Gasteiger partial charge in [-0.05, 0) is 35.9 Å². The van der Waals surface area contributed by atoms with Crippen molar-refractivity contribution in [3.63, 3.8) is 0 Å². The number of rotatable bonds is 4. The average Bonchev–Trinajstić information content (AvgIpc) is 3.14. The monoisotopic (exact) mass is 420 g/mol. The van der Waals surface area contributed by atoms with E-state index in [1.54, 1.807) is 18.5 Å². The lowest BCUT2D eigenvalue weighted by Gasteiger charge is -2.18. The maximum Gasteiger partial charge on any atom is 0.230 e. The Kier molecular flexibility index (Phi) is 4.72. The average molecular weight is 421 g/mol. The summed E-state index contributed by atoms with van der Waals surface area (Å²) in [6.45, 7) is 1.04. The van der Waals surface area contributed by atoms with Gasteiger partial charge in [-0.2, -0.15) is 5.10 Å². The summed E-state index contributed by atoms with van der Waals surface area (Å²) in [7, 11) is 0. The van der Waals surface area contributed by atoms with E-state index in [0.717, 1.165) is 27.6 Å². The second kappa shape index (κ2) is 7.68. The Morgan fingerprint density at radius 2 is 2.00 bits per heavy atom. The Morgan fingerprint density at radius 3 is 2.83 bits per heavy atom. The van der Waals surface area contributed by atoms with Crippen molar-refractivity contribution in [3.05, 3.63) is 65.4 Å². The molecule has 0 fully saturated rings. The van der Waals surface area contributed by atoms with Gasteiger partial charge in [0.1, 0.15) is 13.2 Å². The molecule has 0 radical (unpaired) electrons. The Hall–Kier alpha value is -3.58. The smallest absolute Gasteiger partial charge is 0.230 e. The van der Waals surface area contributed by atoms with Crippen LogP contribution in [0.15, 0.2) is 54.9 Å². The third-order valence-corrected chi connectivity index (χ3v) is 5.16. The lowest BCUT2D eigenvalue weighted by molar-refractivity contribution is -0.115. The summed E-state index contributed by atoms with van der Waals surface area (Å²) in [6, 6.07) is 13.0. The van der Waals surface area contributed by atoms with Gasteiger partial charge in [-0.15, -0.1) is 0 Å². The van der Waals surface area contributed by atoms with Gasteiger partial charge in [0.15, 0.2) is 17.3 Å². The van der Waals surface area contributed by atoms with E-state index in [9.17, 15) is 4.79 Å². The molecule has 0 unspecified atom stereocenters. The van der Waals surface area contributed by atoms with Crippen LogP contribution in [-0.4, -0.2) is 34.3 Å².